The molecule has 0 saturated carbocycles. The second-order valence-corrected chi connectivity index (χ2v) is 6.99. The molecule has 1 heterocycles. The average Bonchev–Trinajstić information content (AvgIpc) is 2.79. The summed E-state index contributed by atoms with van der Waals surface area (Å²) in [6.07, 6.45) is 0. The van der Waals surface area contributed by atoms with Gasteiger partial charge in [-0.3, -0.25) is 4.79 Å². The molecule has 114 valence electrons. The Morgan fingerprint density at radius 2 is 1.77 bits per heavy atom. The quantitative estimate of drug-likeness (QED) is 0.883. The highest BCUT2D eigenvalue weighted by Gasteiger charge is 2.60. The smallest absolute Gasteiger partial charge is 0.324 e. The lowest BCUT2D eigenvalue weighted by Gasteiger charge is -2.38. The van der Waals surface area contributed by atoms with Crippen LogP contribution in [0.25, 0.3) is 0 Å². The van der Waals surface area contributed by atoms with Gasteiger partial charge in [0.2, 0.25) is 0 Å². The first-order valence-electron chi connectivity index (χ1n) is 7.34. The van der Waals surface area contributed by atoms with Crippen LogP contribution in [0.5, 0.6) is 0 Å². The van der Waals surface area contributed by atoms with Crippen LogP contribution in [0.1, 0.15) is 25.0 Å². The van der Waals surface area contributed by atoms with Gasteiger partial charge in [-0.05, 0) is 31.0 Å². The molecule has 0 fully saturated rings. The van der Waals surface area contributed by atoms with Gasteiger partial charge < -0.3 is 10.5 Å². The minimum atomic E-state index is -0.915. The van der Waals surface area contributed by atoms with Crippen LogP contribution in [0.15, 0.2) is 59.5 Å². The standard InChI is InChI=1S/C18H19NO2S/c1-3-21-16(20)17(2)18(19,13-9-5-4-6-10-13)14-11-7-8-12-15(14)22-17/h4-12H,3,19H2,1-2H3. The van der Waals surface area contributed by atoms with Gasteiger partial charge in [0.1, 0.15) is 4.75 Å². The molecule has 22 heavy (non-hydrogen) atoms. The van der Waals surface area contributed by atoms with Gasteiger partial charge in [-0.2, -0.15) is 0 Å². The van der Waals surface area contributed by atoms with E-state index in [4.69, 9.17) is 10.5 Å². The summed E-state index contributed by atoms with van der Waals surface area (Å²) < 4.78 is 4.44. The molecule has 0 aliphatic carbocycles. The van der Waals surface area contributed by atoms with Crippen molar-refractivity contribution in [3.8, 4) is 0 Å². The van der Waals surface area contributed by atoms with Crippen molar-refractivity contribution in [2.45, 2.75) is 29.0 Å². The number of hydrogen-bond acceptors (Lipinski definition) is 4. The van der Waals surface area contributed by atoms with E-state index >= 15 is 0 Å². The highest BCUT2D eigenvalue weighted by molar-refractivity contribution is 8.01. The molecule has 2 atom stereocenters. The summed E-state index contributed by atoms with van der Waals surface area (Å²) >= 11 is 1.49. The molecule has 3 rings (SSSR count). The van der Waals surface area contributed by atoms with Crippen molar-refractivity contribution in [3.63, 3.8) is 0 Å². The zero-order valence-electron chi connectivity index (χ0n) is 12.7. The minimum Gasteiger partial charge on any atom is -0.465 e. The second-order valence-electron chi connectivity index (χ2n) is 5.53. The maximum absolute atomic E-state index is 12.7. The number of carbonyl (C=O) groups is 1. The molecule has 1 aliphatic rings. The highest BCUT2D eigenvalue weighted by atomic mass is 32.2. The second kappa shape index (κ2) is 5.45. The van der Waals surface area contributed by atoms with Crippen LogP contribution >= 0.6 is 11.8 Å². The van der Waals surface area contributed by atoms with E-state index in [1.54, 1.807) is 0 Å². The molecule has 3 nitrogen and oxygen atoms in total. The van der Waals surface area contributed by atoms with Crippen molar-refractivity contribution < 1.29 is 9.53 Å². The summed E-state index contributed by atoms with van der Waals surface area (Å²) in [6, 6.07) is 17.7. The third kappa shape index (κ3) is 1.98. The molecule has 0 bridgehead atoms. The summed E-state index contributed by atoms with van der Waals surface area (Å²) in [5.41, 5.74) is 7.86. The fourth-order valence-electron chi connectivity index (χ4n) is 3.04. The third-order valence-corrected chi connectivity index (χ3v) is 5.75. The summed E-state index contributed by atoms with van der Waals surface area (Å²) in [7, 11) is 0. The number of rotatable bonds is 3. The molecule has 0 aromatic heterocycles. The van der Waals surface area contributed by atoms with Crippen molar-refractivity contribution in [1.29, 1.82) is 0 Å². The Balaban J connectivity index is 2.22. The maximum atomic E-state index is 12.7. The van der Waals surface area contributed by atoms with Crippen LogP contribution in [0, 0.1) is 0 Å². The lowest BCUT2D eigenvalue weighted by molar-refractivity contribution is -0.147. The van der Waals surface area contributed by atoms with Crippen molar-refractivity contribution >= 4 is 17.7 Å². The Kier molecular flexibility index (Phi) is 3.75. The predicted octanol–water partition coefficient (Wildman–Crippen LogP) is 3.32. The monoisotopic (exact) mass is 313 g/mol. The summed E-state index contributed by atoms with van der Waals surface area (Å²) in [5, 5.41) is 0. The van der Waals surface area contributed by atoms with Gasteiger partial charge in [0, 0.05) is 4.90 Å². The number of benzene rings is 2. The molecule has 0 amide bonds. The van der Waals surface area contributed by atoms with Crippen molar-refractivity contribution in [2.24, 2.45) is 5.73 Å². The molecular weight excluding hydrogens is 294 g/mol. The predicted molar refractivity (Wildman–Crippen MR) is 88.7 cm³/mol. The van der Waals surface area contributed by atoms with E-state index < -0.39 is 10.3 Å². The number of ether oxygens (including phenoxy) is 1. The van der Waals surface area contributed by atoms with Crippen LogP contribution in [0.4, 0.5) is 0 Å². The van der Waals surface area contributed by atoms with Crippen LogP contribution in [0.3, 0.4) is 0 Å². The van der Waals surface area contributed by atoms with E-state index in [2.05, 4.69) is 0 Å². The molecule has 0 spiro atoms. The Hall–Kier alpha value is -1.78. The summed E-state index contributed by atoms with van der Waals surface area (Å²) in [5.74, 6) is -0.275. The van der Waals surface area contributed by atoms with E-state index in [-0.39, 0.29) is 5.97 Å². The Labute approximate surface area is 134 Å². The van der Waals surface area contributed by atoms with Gasteiger partial charge in [0.05, 0.1) is 12.1 Å². The molecule has 2 N–H and O–H groups in total. The van der Waals surface area contributed by atoms with E-state index in [0.29, 0.717) is 6.61 Å². The zero-order chi connectivity index (χ0) is 15.8. The SMILES string of the molecule is CCOC(=O)C1(C)Sc2ccccc2C1(N)c1ccccc1. The normalized spacial score (nSPS) is 26.5. The molecule has 0 radical (unpaired) electrons. The number of thioether (sulfide) groups is 1. The van der Waals surface area contributed by atoms with Crippen molar-refractivity contribution in [1.82, 2.24) is 0 Å². The van der Waals surface area contributed by atoms with Gasteiger partial charge in [-0.25, -0.2) is 0 Å². The van der Waals surface area contributed by atoms with Crippen LogP contribution in [-0.2, 0) is 15.1 Å². The summed E-state index contributed by atoms with van der Waals surface area (Å²) in [4.78, 5) is 13.7. The summed E-state index contributed by atoms with van der Waals surface area (Å²) in [6.45, 7) is 4.04. The van der Waals surface area contributed by atoms with Gasteiger partial charge in [0.15, 0.2) is 0 Å². The average molecular weight is 313 g/mol. The number of esters is 1. The molecule has 1 aliphatic heterocycles. The van der Waals surface area contributed by atoms with Gasteiger partial charge in [-0.1, -0.05) is 48.5 Å². The highest BCUT2D eigenvalue weighted by Crippen LogP contribution is 2.57. The molecule has 2 aromatic rings. The first kappa shape index (κ1) is 15.1. The fraction of sp³-hybridized carbons (Fsp3) is 0.278. The van der Waals surface area contributed by atoms with Gasteiger partial charge in [0.25, 0.3) is 0 Å². The molecule has 2 aromatic carbocycles. The van der Waals surface area contributed by atoms with Crippen LogP contribution < -0.4 is 5.73 Å². The number of nitrogens with two attached hydrogens (primary N) is 1. The minimum absolute atomic E-state index is 0.275. The lowest BCUT2D eigenvalue weighted by Crippen LogP contribution is -2.57. The van der Waals surface area contributed by atoms with E-state index in [9.17, 15) is 4.79 Å². The number of hydrogen-bond donors (Lipinski definition) is 1. The van der Waals surface area contributed by atoms with E-state index in [1.807, 2.05) is 68.4 Å². The lowest BCUT2D eigenvalue weighted by atomic mass is 9.74. The van der Waals surface area contributed by atoms with Crippen LogP contribution in [-0.4, -0.2) is 17.3 Å². The van der Waals surface area contributed by atoms with E-state index in [1.165, 1.54) is 11.8 Å². The van der Waals surface area contributed by atoms with Crippen LogP contribution in [0.2, 0.25) is 0 Å². The fourth-order valence-corrected chi connectivity index (χ4v) is 4.50. The largest absolute Gasteiger partial charge is 0.465 e. The first-order valence-corrected chi connectivity index (χ1v) is 8.16. The van der Waals surface area contributed by atoms with Crippen molar-refractivity contribution in [2.75, 3.05) is 6.61 Å². The van der Waals surface area contributed by atoms with Gasteiger partial charge >= 0.3 is 5.97 Å². The number of carbonyl (C=O) groups excluding carboxylic acids is 1. The number of fused-ring (bicyclic) bond motifs is 1. The maximum Gasteiger partial charge on any atom is 0.324 e. The Morgan fingerprint density at radius 3 is 2.45 bits per heavy atom. The molecule has 0 saturated heterocycles. The third-order valence-electron chi connectivity index (χ3n) is 4.27. The Morgan fingerprint density at radius 1 is 1.14 bits per heavy atom. The Bertz CT molecular complexity index is 703. The van der Waals surface area contributed by atoms with Gasteiger partial charge in [-0.15, -0.1) is 11.8 Å². The van der Waals surface area contributed by atoms with Crippen molar-refractivity contribution in [3.05, 3.63) is 65.7 Å². The zero-order valence-corrected chi connectivity index (χ0v) is 13.5. The molecule has 2 unspecified atom stereocenters. The molecule has 4 heteroatoms. The first-order chi connectivity index (χ1) is 10.5. The topological polar surface area (TPSA) is 52.3 Å². The molecular formula is C18H19NO2S. The van der Waals surface area contributed by atoms with E-state index in [0.717, 1.165) is 16.0 Å².